The van der Waals surface area contributed by atoms with Gasteiger partial charge in [0.2, 0.25) is 0 Å². The van der Waals surface area contributed by atoms with Gasteiger partial charge in [0, 0.05) is 41.0 Å². The van der Waals surface area contributed by atoms with Gasteiger partial charge in [-0.15, -0.1) is 11.3 Å². The smallest absolute Gasteiger partial charge is 0.274 e. The Morgan fingerprint density at radius 3 is 2.71 bits per heavy atom. The lowest BCUT2D eigenvalue weighted by atomic mass is 9.95. The highest BCUT2D eigenvalue weighted by Crippen LogP contribution is 2.40. The maximum absolute atomic E-state index is 13.5. The number of hydrogen-bond acceptors (Lipinski definition) is 5. The minimum absolute atomic E-state index is 0.308. The molecular weight excluding hydrogens is 396 g/mol. The number of nitrogens with one attached hydrogen (secondary N) is 1. The van der Waals surface area contributed by atoms with E-state index in [1.54, 1.807) is 30.3 Å². The van der Waals surface area contributed by atoms with Crippen LogP contribution in [-0.4, -0.2) is 35.5 Å². The molecule has 2 aromatic carbocycles. The van der Waals surface area contributed by atoms with Crippen LogP contribution in [0.3, 0.4) is 0 Å². The lowest BCUT2D eigenvalue weighted by Crippen LogP contribution is -2.64. The molecule has 0 atom stereocenters. The lowest BCUT2D eigenvalue weighted by Gasteiger charge is -2.47. The number of fused-ring (bicyclic) bond motifs is 2. The first-order chi connectivity index (χ1) is 13.6. The third-order valence-corrected chi connectivity index (χ3v) is 6.75. The molecule has 0 radical (unpaired) electrons. The molecule has 0 saturated carbocycles. The zero-order valence-corrected chi connectivity index (χ0v) is 16.5. The van der Waals surface area contributed by atoms with E-state index in [4.69, 9.17) is 16.3 Å². The van der Waals surface area contributed by atoms with E-state index in [1.807, 2.05) is 18.2 Å². The number of para-hydroxylation sites is 1. The topological polar surface area (TPSA) is 58.6 Å². The SMILES string of the molecule is O=C(c1cc2c(Cl)cccc2s1)N1C(=O)c2ccccc2OC12CCNCC2. The van der Waals surface area contributed by atoms with E-state index in [0.29, 0.717) is 47.1 Å². The zero-order chi connectivity index (χ0) is 19.3. The standard InChI is InChI=1S/C21H17ClN2O3S/c22-15-5-3-7-17-14(15)12-18(28-17)20(26)24-19(25)13-4-1-2-6-16(13)27-21(24)8-10-23-11-9-21/h1-7,12,23H,8-11H2. The predicted molar refractivity (Wildman–Crippen MR) is 109 cm³/mol. The van der Waals surface area contributed by atoms with E-state index in [9.17, 15) is 9.59 Å². The fourth-order valence-corrected chi connectivity index (χ4v) is 5.25. The fourth-order valence-electron chi connectivity index (χ4n) is 3.95. The summed E-state index contributed by atoms with van der Waals surface area (Å²) >= 11 is 7.63. The summed E-state index contributed by atoms with van der Waals surface area (Å²) in [7, 11) is 0. The molecule has 142 valence electrons. The minimum Gasteiger partial charge on any atom is -0.466 e. The summed E-state index contributed by atoms with van der Waals surface area (Å²) in [5.74, 6) is -0.103. The molecule has 5 nitrogen and oxygen atoms in total. The van der Waals surface area contributed by atoms with Crippen molar-refractivity contribution in [1.82, 2.24) is 10.2 Å². The Morgan fingerprint density at radius 2 is 1.93 bits per heavy atom. The summed E-state index contributed by atoms with van der Waals surface area (Å²) in [4.78, 5) is 28.7. The number of hydrogen-bond donors (Lipinski definition) is 1. The summed E-state index contributed by atoms with van der Waals surface area (Å²) in [6.07, 6.45) is 1.09. The number of carbonyl (C=O) groups is 2. The summed E-state index contributed by atoms with van der Waals surface area (Å²) in [5.41, 5.74) is -0.549. The Morgan fingerprint density at radius 1 is 1.14 bits per heavy atom. The summed E-state index contributed by atoms with van der Waals surface area (Å²) in [5, 5.41) is 4.69. The maximum atomic E-state index is 13.5. The van der Waals surface area contributed by atoms with Crippen LogP contribution < -0.4 is 10.1 Å². The van der Waals surface area contributed by atoms with Crippen molar-refractivity contribution in [2.75, 3.05) is 13.1 Å². The molecule has 1 aromatic heterocycles. The Bertz CT molecular complexity index is 1100. The first kappa shape index (κ1) is 17.7. The number of thiophene rings is 1. The van der Waals surface area contributed by atoms with E-state index in [-0.39, 0.29) is 11.8 Å². The van der Waals surface area contributed by atoms with E-state index in [1.165, 1.54) is 16.2 Å². The van der Waals surface area contributed by atoms with Gasteiger partial charge in [0.25, 0.3) is 11.8 Å². The van der Waals surface area contributed by atoms with Crippen LogP contribution >= 0.6 is 22.9 Å². The Hall–Kier alpha value is -2.41. The molecule has 0 aliphatic carbocycles. The first-order valence-corrected chi connectivity index (χ1v) is 10.3. The van der Waals surface area contributed by atoms with Crippen molar-refractivity contribution in [3.8, 4) is 5.75 Å². The second kappa shape index (κ2) is 6.58. The minimum atomic E-state index is -0.965. The van der Waals surface area contributed by atoms with E-state index < -0.39 is 5.72 Å². The molecule has 1 spiro atoms. The van der Waals surface area contributed by atoms with Crippen molar-refractivity contribution in [2.45, 2.75) is 18.6 Å². The summed E-state index contributed by atoms with van der Waals surface area (Å²) in [6.45, 7) is 1.36. The van der Waals surface area contributed by atoms with Crippen LogP contribution in [0.5, 0.6) is 5.75 Å². The summed E-state index contributed by atoms with van der Waals surface area (Å²) in [6, 6.07) is 14.5. The summed E-state index contributed by atoms with van der Waals surface area (Å²) < 4.78 is 7.22. The largest absolute Gasteiger partial charge is 0.466 e. The van der Waals surface area contributed by atoms with Gasteiger partial charge >= 0.3 is 0 Å². The molecular formula is C21H17ClN2O3S. The maximum Gasteiger partial charge on any atom is 0.274 e. The number of nitrogens with zero attached hydrogens (tertiary/aromatic N) is 1. The molecule has 1 saturated heterocycles. The molecule has 0 unspecified atom stereocenters. The van der Waals surface area contributed by atoms with E-state index in [0.717, 1.165) is 10.1 Å². The van der Waals surface area contributed by atoms with Crippen molar-refractivity contribution in [2.24, 2.45) is 0 Å². The molecule has 3 aromatic rings. The monoisotopic (exact) mass is 412 g/mol. The number of carbonyl (C=O) groups excluding carboxylic acids is 2. The van der Waals surface area contributed by atoms with Gasteiger partial charge in [-0.2, -0.15) is 0 Å². The van der Waals surface area contributed by atoms with Crippen LogP contribution in [0, 0.1) is 0 Å². The molecule has 3 heterocycles. The van der Waals surface area contributed by atoms with Crippen molar-refractivity contribution in [3.63, 3.8) is 0 Å². The number of halogens is 1. The molecule has 0 bridgehead atoms. The van der Waals surface area contributed by atoms with Gasteiger partial charge in [0.05, 0.1) is 10.4 Å². The Labute approximate surface area is 170 Å². The second-order valence-corrected chi connectivity index (χ2v) is 8.49. The highest BCUT2D eigenvalue weighted by atomic mass is 35.5. The highest BCUT2D eigenvalue weighted by molar-refractivity contribution is 7.21. The molecule has 2 aliphatic heterocycles. The number of piperidine rings is 1. The van der Waals surface area contributed by atoms with Crippen LogP contribution in [0.4, 0.5) is 0 Å². The third kappa shape index (κ3) is 2.64. The van der Waals surface area contributed by atoms with Crippen molar-refractivity contribution < 1.29 is 14.3 Å². The quantitative estimate of drug-likeness (QED) is 0.605. The van der Waals surface area contributed by atoms with Crippen molar-refractivity contribution in [3.05, 3.63) is 64.0 Å². The van der Waals surface area contributed by atoms with Gasteiger partial charge < -0.3 is 10.1 Å². The van der Waals surface area contributed by atoms with Crippen LogP contribution in [0.2, 0.25) is 5.02 Å². The van der Waals surface area contributed by atoms with Gasteiger partial charge in [-0.25, -0.2) is 4.90 Å². The van der Waals surface area contributed by atoms with Crippen LogP contribution in [0.15, 0.2) is 48.5 Å². The average molecular weight is 413 g/mol. The number of benzene rings is 2. The molecule has 1 fully saturated rings. The fraction of sp³-hybridized carbons (Fsp3) is 0.238. The van der Waals surface area contributed by atoms with E-state index >= 15 is 0 Å². The lowest BCUT2D eigenvalue weighted by molar-refractivity contribution is -0.0774. The Kier molecular flexibility index (Phi) is 4.16. The number of amides is 2. The number of rotatable bonds is 1. The van der Waals surface area contributed by atoms with Gasteiger partial charge in [-0.1, -0.05) is 29.8 Å². The van der Waals surface area contributed by atoms with Crippen LogP contribution in [0.1, 0.15) is 32.9 Å². The highest BCUT2D eigenvalue weighted by Gasteiger charge is 2.51. The van der Waals surface area contributed by atoms with Crippen LogP contribution in [0.25, 0.3) is 10.1 Å². The molecule has 7 heteroatoms. The third-order valence-electron chi connectivity index (χ3n) is 5.33. The van der Waals surface area contributed by atoms with Crippen LogP contribution in [-0.2, 0) is 0 Å². The van der Waals surface area contributed by atoms with Gasteiger partial charge in [0.1, 0.15) is 5.75 Å². The molecule has 2 aliphatic rings. The zero-order valence-electron chi connectivity index (χ0n) is 14.9. The second-order valence-electron chi connectivity index (χ2n) is 7.00. The molecule has 5 rings (SSSR count). The molecule has 2 amide bonds. The Balaban J connectivity index is 1.63. The van der Waals surface area contributed by atoms with E-state index in [2.05, 4.69) is 5.32 Å². The number of imide groups is 1. The predicted octanol–water partition coefficient (Wildman–Crippen LogP) is 4.31. The van der Waals surface area contributed by atoms with Gasteiger partial charge in [-0.05, 0) is 30.3 Å². The average Bonchev–Trinajstić information content (AvgIpc) is 3.14. The van der Waals surface area contributed by atoms with Crippen molar-refractivity contribution in [1.29, 1.82) is 0 Å². The number of ether oxygens (including phenoxy) is 1. The van der Waals surface area contributed by atoms with Gasteiger partial charge in [0.15, 0.2) is 5.72 Å². The first-order valence-electron chi connectivity index (χ1n) is 9.15. The van der Waals surface area contributed by atoms with Gasteiger partial charge in [-0.3, -0.25) is 9.59 Å². The molecule has 1 N–H and O–H groups in total. The molecule has 28 heavy (non-hydrogen) atoms. The van der Waals surface area contributed by atoms with Crippen molar-refractivity contribution >= 4 is 44.8 Å². The normalized spacial score (nSPS) is 18.2.